The molecule has 27 heavy (non-hydrogen) atoms. The number of nitrogens with zero attached hydrogens (tertiary/aromatic N) is 3. The van der Waals surface area contributed by atoms with E-state index in [-0.39, 0.29) is 17.1 Å². The maximum absolute atomic E-state index is 13.0. The molecule has 2 aromatic heterocycles. The lowest BCUT2D eigenvalue weighted by atomic mass is 10.1. The first-order chi connectivity index (χ1) is 12.7. The fourth-order valence-electron chi connectivity index (χ4n) is 2.94. The molecule has 8 heteroatoms. The molecule has 0 unspecified atom stereocenters. The van der Waals surface area contributed by atoms with Crippen molar-refractivity contribution in [3.05, 3.63) is 69.2 Å². The third-order valence-electron chi connectivity index (χ3n) is 4.39. The normalized spacial score (nSPS) is 12.3. The molecule has 144 valence electrons. The molecule has 3 rings (SSSR count). The third kappa shape index (κ3) is 4.20. The van der Waals surface area contributed by atoms with E-state index in [0.717, 1.165) is 12.6 Å². The molecular weight excluding hydrogens is 379 g/mol. The molecule has 0 bridgehead atoms. The minimum absolute atomic E-state index is 0.111. The van der Waals surface area contributed by atoms with E-state index in [9.17, 15) is 18.0 Å². The van der Waals surface area contributed by atoms with Gasteiger partial charge in [-0.1, -0.05) is 17.7 Å². The molecular formula is C19H19ClF3N3O. The smallest absolute Gasteiger partial charge is 0.343 e. The number of alkyl halides is 3. The van der Waals surface area contributed by atoms with Gasteiger partial charge in [0.1, 0.15) is 0 Å². The maximum Gasteiger partial charge on any atom is 0.417 e. The van der Waals surface area contributed by atoms with Gasteiger partial charge in [-0.2, -0.15) is 13.2 Å². The van der Waals surface area contributed by atoms with Crippen molar-refractivity contribution in [1.82, 2.24) is 14.0 Å². The van der Waals surface area contributed by atoms with Crippen LogP contribution < -0.4 is 5.56 Å². The van der Waals surface area contributed by atoms with Gasteiger partial charge in [0.15, 0.2) is 0 Å². The number of benzene rings is 1. The zero-order valence-electron chi connectivity index (χ0n) is 14.9. The summed E-state index contributed by atoms with van der Waals surface area (Å²) in [6.07, 6.45) is -1.08. The predicted octanol–water partition coefficient (Wildman–Crippen LogP) is 4.09. The van der Waals surface area contributed by atoms with Crippen LogP contribution >= 0.6 is 11.6 Å². The van der Waals surface area contributed by atoms with E-state index in [2.05, 4.69) is 0 Å². The van der Waals surface area contributed by atoms with Crippen LogP contribution in [0.4, 0.5) is 13.2 Å². The molecule has 0 saturated carbocycles. The van der Waals surface area contributed by atoms with Crippen LogP contribution in [0.1, 0.15) is 11.1 Å². The number of likely N-dealkylation sites (N-methyl/N-ethyl adjacent to an activating group) is 1. The zero-order valence-corrected chi connectivity index (χ0v) is 15.7. The highest BCUT2D eigenvalue weighted by Gasteiger charge is 2.33. The Morgan fingerprint density at radius 3 is 2.44 bits per heavy atom. The van der Waals surface area contributed by atoms with E-state index in [1.807, 2.05) is 25.1 Å². The summed E-state index contributed by atoms with van der Waals surface area (Å²) in [7, 11) is 3.86. The number of hydrogen-bond donors (Lipinski definition) is 0. The molecule has 2 heterocycles. The van der Waals surface area contributed by atoms with Gasteiger partial charge >= 0.3 is 6.18 Å². The molecule has 1 aromatic carbocycles. The number of fused-ring (bicyclic) bond motifs is 1. The Morgan fingerprint density at radius 2 is 1.78 bits per heavy atom. The molecule has 0 fully saturated rings. The highest BCUT2D eigenvalue weighted by Crippen LogP contribution is 2.35. The Hall–Kier alpha value is -2.25. The van der Waals surface area contributed by atoms with Crippen molar-refractivity contribution in [3.8, 4) is 0 Å². The maximum atomic E-state index is 13.0. The molecule has 4 nitrogen and oxygen atoms in total. The molecule has 0 saturated heterocycles. The second kappa shape index (κ2) is 7.40. The van der Waals surface area contributed by atoms with Gasteiger partial charge < -0.3 is 14.0 Å². The Bertz CT molecular complexity index is 1020. The van der Waals surface area contributed by atoms with Crippen molar-refractivity contribution in [2.75, 3.05) is 20.6 Å². The highest BCUT2D eigenvalue weighted by atomic mass is 35.5. The first-order valence-corrected chi connectivity index (χ1v) is 8.73. The van der Waals surface area contributed by atoms with Crippen molar-refractivity contribution in [2.45, 2.75) is 19.3 Å². The Balaban J connectivity index is 1.93. The molecule has 0 amide bonds. The topological polar surface area (TPSA) is 30.2 Å². The minimum atomic E-state index is -4.51. The van der Waals surface area contributed by atoms with Crippen LogP contribution in [0.15, 0.2) is 47.5 Å². The molecule has 3 aromatic rings. The fraction of sp³-hybridized carbons (Fsp3) is 0.316. The van der Waals surface area contributed by atoms with E-state index < -0.39 is 11.7 Å². The van der Waals surface area contributed by atoms with Crippen molar-refractivity contribution in [3.63, 3.8) is 0 Å². The Kier molecular flexibility index (Phi) is 5.35. The minimum Gasteiger partial charge on any atom is -0.343 e. The highest BCUT2D eigenvalue weighted by molar-refractivity contribution is 6.31. The summed E-state index contributed by atoms with van der Waals surface area (Å²) in [5, 5.41) is 0.216. The Morgan fingerprint density at radius 1 is 1.07 bits per heavy atom. The quantitative estimate of drug-likeness (QED) is 0.649. The second-order valence-corrected chi connectivity index (χ2v) is 7.08. The number of halogens is 4. The average molecular weight is 398 g/mol. The first-order valence-electron chi connectivity index (χ1n) is 8.35. The summed E-state index contributed by atoms with van der Waals surface area (Å²) in [6, 6.07) is 7.37. The third-order valence-corrected chi connectivity index (χ3v) is 4.72. The number of pyridine rings is 1. The van der Waals surface area contributed by atoms with Crippen molar-refractivity contribution in [2.24, 2.45) is 0 Å². The second-order valence-electron chi connectivity index (χ2n) is 6.67. The Labute approximate surface area is 159 Å². The number of rotatable bonds is 5. The standard InChI is InChI=1S/C19H19ClF3N3O/c1-24(2)9-10-25-8-6-17-14(18(25)27)5-7-26(17)12-13-3-4-16(20)15(11-13)19(21,22)23/h3-8,11H,9-10,12H2,1-2H3. The summed E-state index contributed by atoms with van der Waals surface area (Å²) >= 11 is 5.67. The van der Waals surface area contributed by atoms with E-state index in [1.54, 1.807) is 33.7 Å². The van der Waals surface area contributed by atoms with E-state index in [1.165, 1.54) is 6.07 Å². The summed E-state index contributed by atoms with van der Waals surface area (Å²) in [6.45, 7) is 1.51. The molecule has 0 aliphatic rings. The van der Waals surface area contributed by atoms with Crippen molar-refractivity contribution < 1.29 is 13.2 Å². The zero-order chi connectivity index (χ0) is 19.8. The van der Waals surface area contributed by atoms with Crippen LogP contribution in [0, 0.1) is 0 Å². The van der Waals surface area contributed by atoms with Crippen LogP contribution in [0.25, 0.3) is 10.9 Å². The lowest BCUT2D eigenvalue weighted by molar-refractivity contribution is -0.137. The summed E-state index contributed by atoms with van der Waals surface area (Å²) < 4.78 is 42.5. The van der Waals surface area contributed by atoms with E-state index in [4.69, 9.17) is 11.6 Å². The van der Waals surface area contributed by atoms with Gasteiger partial charge in [-0.25, -0.2) is 0 Å². The van der Waals surface area contributed by atoms with Gasteiger partial charge in [0.25, 0.3) is 5.56 Å². The lowest BCUT2D eigenvalue weighted by Gasteiger charge is -2.13. The molecule has 0 atom stereocenters. The van der Waals surface area contributed by atoms with Crippen LogP contribution in [-0.2, 0) is 19.3 Å². The van der Waals surface area contributed by atoms with Gasteiger partial charge in [0, 0.05) is 32.0 Å². The average Bonchev–Trinajstić information content (AvgIpc) is 2.98. The van der Waals surface area contributed by atoms with Gasteiger partial charge in [-0.3, -0.25) is 4.79 Å². The predicted molar refractivity (Wildman–Crippen MR) is 100 cm³/mol. The SMILES string of the molecule is CN(C)CCn1ccc2c(ccn2Cc2ccc(Cl)c(C(F)(F)F)c2)c1=O. The van der Waals surface area contributed by atoms with Crippen LogP contribution in [0.2, 0.25) is 5.02 Å². The first kappa shape index (κ1) is 19.5. The molecule has 0 radical (unpaired) electrons. The van der Waals surface area contributed by atoms with E-state index >= 15 is 0 Å². The van der Waals surface area contributed by atoms with Gasteiger partial charge in [0.2, 0.25) is 0 Å². The molecule has 0 aliphatic carbocycles. The summed E-state index contributed by atoms with van der Waals surface area (Å²) in [5.41, 5.74) is 0.176. The number of hydrogen-bond acceptors (Lipinski definition) is 2. The van der Waals surface area contributed by atoms with Crippen molar-refractivity contribution >= 4 is 22.5 Å². The van der Waals surface area contributed by atoms with Crippen LogP contribution in [0.5, 0.6) is 0 Å². The summed E-state index contributed by atoms with van der Waals surface area (Å²) in [4.78, 5) is 14.6. The largest absolute Gasteiger partial charge is 0.417 e. The van der Waals surface area contributed by atoms with Crippen LogP contribution in [0.3, 0.4) is 0 Å². The van der Waals surface area contributed by atoms with Gasteiger partial charge in [-0.05, 0) is 43.9 Å². The summed E-state index contributed by atoms with van der Waals surface area (Å²) in [5.74, 6) is 0. The van der Waals surface area contributed by atoms with Gasteiger partial charge in [-0.15, -0.1) is 0 Å². The van der Waals surface area contributed by atoms with Crippen LogP contribution in [-0.4, -0.2) is 34.7 Å². The molecule has 0 spiro atoms. The monoisotopic (exact) mass is 397 g/mol. The molecule has 0 aliphatic heterocycles. The van der Waals surface area contributed by atoms with Gasteiger partial charge in [0.05, 0.1) is 21.5 Å². The lowest BCUT2D eigenvalue weighted by Crippen LogP contribution is -2.26. The van der Waals surface area contributed by atoms with E-state index in [0.29, 0.717) is 23.0 Å². The number of aromatic nitrogens is 2. The fourth-order valence-corrected chi connectivity index (χ4v) is 3.17. The van der Waals surface area contributed by atoms with Crippen molar-refractivity contribution in [1.29, 1.82) is 0 Å². The molecule has 0 N–H and O–H groups in total.